The van der Waals surface area contributed by atoms with E-state index in [0.717, 1.165) is 6.07 Å². The van der Waals surface area contributed by atoms with Gasteiger partial charge in [0.1, 0.15) is 11.6 Å². The normalized spacial score (nSPS) is 16.8. The third kappa shape index (κ3) is 4.06. The Morgan fingerprint density at radius 3 is 2.72 bits per heavy atom. The number of amides is 3. The number of nitrogens with zero attached hydrogens (tertiary/aromatic N) is 1. The number of hydrogen-bond acceptors (Lipinski definition) is 2. The van der Waals surface area contributed by atoms with Crippen LogP contribution in [0.1, 0.15) is 6.42 Å². The van der Waals surface area contributed by atoms with Gasteiger partial charge in [-0.15, -0.1) is 0 Å². The second kappa shape index (κ2) is 7.06. The maximum Gasteiger partial charge on any atom is 0.319 e. The first-order chi connectivity index (χ1) is 11.9. The van der Waals surface area contributed by atoms with Gasteiger partial charge < -0.3 is 15.5 Å². The first kappa shape index (κ1) is 17.2. The van der Waals surface area contributed by atoms with Crippen LogP contribution < -0.4 is 15.5 Å². The number of carbonyl (C=O) groups excluding carboxylic acids is 2. The van der Waals surface area contributed by atoms with E-state index in [1.807, 2.05) is 0 Å². The van der Waals surface area contributed by atoms with E-state index in [2.05, 4.69) is 10.6 Å². The van der Waals surface area contributed by atoms with Gasteiger partial charge in [-0.05, 0) is 36.4 Å². The Balaban J connectivity index is 1.61. The second-order valence-electron chi connectivity index (χ2n) is 5.61. The molecule has 130 valence electrons. The first-order valence-corrected chi connectivity index (χ1v) is 7.88. The molecular weight excluding hydrogens is 352 g/mol. The van der Waals surface area contributed by atoms with E-state index < -0.39 is 23.7 Å². The Bertz CT molecular complexity index is 831. The molecule has 2 N–H and O–H groups in total. The average Bonchev–Trinajstić information content (AvgIpc) is 2.91. The lowest BCUT2D eigenvalue weighted by atomic mass is 10.2. The molecule has 25 heavy (non-hydrogen) atoms. The van der Waals surface area contributed by atoms with E-state index in [1.54, 1.807) is 6.07 Å². The van der Waals surface area contributed by atoms with Crippen molar-refractivity contribution in [3.63, 3.8) is 0 Å². The van der Waals surface area contributed by atoms with Crippen molar-refractivity contribution in [2.24, 2.45) is 0 Å². The molecule has 1 atom stereocenters. The molecule has 0 aliphatic carbocycles. The molecule has 0 saturated carbocycles. The van der Waals surface area contributed by atoms with Crippen molar-refractivity contribution in [1.82, 2.24) is 5.32 Å². The van der Waals surface area contributed by atoms with Gasteiger partial charge in [0.25, 0.3) is 0 Å². The number of anilines is 2. The summed E-state index contributed by atoms with van der Waals surface area (Å²) in [7, 11) is 0. The first-order valence-electron chi connectivity index (χ1n) is 7.51. The van der Waals surface area contributed by atoms with Gasteiger partial charge in [0.2, 0.25) is 5.91 Å². The number of halogens is 3. The molecule has 0 aromatic heterocycles. The molecule has 3 amide bonds. The fourth-order valence-corrected chi connectivity index (χ4v) is 2.80. The van der Waals surface area contributed by atoms with E-state index in [9.17, 15) is 18.4 Å². The second-order valence-corrected chi connectivity index (χ2v) is 6.02. The number of hydrogen-bond donors (Lipinski definition) is 2. The van der Waals surface area contributed by atoms with E-state index in [4.69, 9.17) is 11.6 Å². The lowest BCUT2D eigenvalue weighted by Crippen LogP contribution is -2.39. The van der Waals surface area contributed by atoms with Gasteiger partial charge >= 0.3 is 6.03 Å². The molecule has 3 rings (SSSR count). The lowest BCUT2D eigenvalue weighted by Gasteiger charge is -2.17. The van der Waals surface area contributed by atoms with Gasteiger partial charge in [0.15, 0.2) is 0 Å². The van der Waals surface area contributed by atoms with Crippen molar-refractivity contribution >= 4 is 34.9 Å². The zero-order valence-electron chi connectivity index (χ0n) is 12.9. The molecule has 0 radical (unpaired) electrons. The van der Waals surface area contributed by atoms with Crippen LogP contribution in [0.4, 0.5) is 25.0 Å². The molecule has 8 heteroatoms. The molecule has 1 fully saturated rings. The van der Waals surface area contributed by atoms with Crippen LogP contribution in [0.25, 0.3) is 0 Å². The zero-order chi connectivity index (χ0) is 18.0. The molecule has 1 heterocycles. The van der Waals surface area contributed by atoms with Crippen LogP contribution in [0.5, 0.6) is 0 Å². The third-order valence-electron chi connectivity index (χ3n) is 3.76. The summed E-state index contributed by atoms with van der Waals surface area (Å²) < 4.78 is 26.4. The summed E-state index contributed by atoms with van der Waals surface area (Å²) in [6.07, 6.45) is 0.105. The molecule has 0 bridgehead atoms. The summed E-state index contributed by atoms with van der Waals surface area (Å²) in [5.74, 6) is -1.23. The number of nitrogens with one attached hydrogen (secondary N) is 2. The highest BCUT2D eigenvalue weighted by Gasteiger charge is 2.31. The molecular formula is C17H14ClF2N3O2. The van der Waals surface area contributed by atoms with Gasteiger partial charge in [0, 0.05) is 24.3 Å². The Morgan fingerprint density at radius 2 is 2.00 bits per heavy atom. The van der Waals surface area contributed by atoms with Crippen LogP contribution in [0.2, 0.25) is 5.02 Å². The summed E-state index contributed by atoms with van der Waals surface area (Å²) in [6.45, 7) is 0.236. The van der Waals surface area contributed by atoms with Crippen molar-refractivity contribution in [3.05, 3.63) is 59.1 Å². The van der Waals surface area contributed by atoms with Crippen LogP contribution in [0.3, 0.4) is 0 Å². The Kier molecular flexibility index (Phi) is 4.85. The van der Waals surface area contributed by atoms with Crippen LogP contribution in [-0.4, -0.2) is 24.5 Å². The Labute approximate surface area is 147 Å². The van der Waals surface area contributed by atoms with Gasteiger partial charge in [-0.1, -0.05) is 17.7 Å². The summed E-state index contributed by atoms with van der Waals surface area (Å²) in [5, 5.41) is 5.08. The van der Waals surface area contributed by atoms with E-state index in [0.29, 0.717) is 11.4 Å². The largest absolute Gasteiger partial charge is 0.333 e. The van der Waals surface area contributed by atoms with E-state index >= 15 is 0 Å². The summed E-state index contributed by atoms with van der Waals surface area (Å²) in [6, 6.07) is 8.54. The fraction of sp³-hybridized carbons (Fsp3) is 0.176. The monoisotopic (exact) mass is 365 g/mol. The molecule has 1 aliphatic heterocycles. The predicted molar refractivity (Wildman–Crippen MR) is 90.7 cm³/mol. The average molecular weight is 366 g/mol. The lowest BCUT2D eigenvalue weighted by molar-refractivity contribution is -0.117. The number of urea groups is 1. The van der Waals surface area contributed by atoms with Crippen LogP contribution in [0, 0.1) is 11.6 Å². The van der Waals surface area contributed by atoms with Crippen LogP contribution in [-0.2, 0) is 4.79 Å². The van der Waals surface area contributed by atoms with Crippen molar-refractivity contribution in [3.8, 4) is 0 Å². The minimum atomic E-state index is -0.584. The highest BCUT2D eigenvalue weighted by atomic mass is 35.5. The molecule has 1 saturated heterocycles. The number of benzene rings is 2. The predicted octanol–water partition coefficient (Wildman–Crippen LogP) is 3.55. The fourth-order valence-electron chi connectivity index (χ4n) is 2.62. The van der Waals surface area contributed by atoms with Crippen molar-refractivity contribution in [2.75, 3.05) is 16.8 Å². The zero-order valence-corrected chi connectivity index (χ0v) is 13.7. The van der Waals surface area contributed by atoms with Gasteiger partial charge in [-0.25, -0.2) is 13.6 Å². The topological polar surface area (TPSA) is 61.4 Å². The molecule has 1 aliphatic rings. The van der Waals surface area contributed by atoms with Crippen LogP contribution >= 0.6 is 11.6 Å². The van der Waals surface area contributed by atoms with Gasteiger partial charge in [-0.2, -0.15) is 0 Å². The Hall–Kier alpha value is -2.67. The van der Waals surface area contributed by atoms with Crippen molar-refractivity contribution < 1.29 is 18.4 Å². The highest BCUT2D eigenvalue weighted by molar-refractivity contribution is 6.31. The quantitative estimate of drug-likeness (QED) is 0.873. The van der Waals surface area contributed by atoms with Crippen molar-refractivity contribution in [2.45, 2.75) is 12.5 Å². The number of rotatable bonds is 3. The van der Waals surface area contributed by atoms with Crippen LogP contribution in [0.15, 0.2) is 42.5 Å². The Morgan fingerprint density at radius 1 is 1.20 bits per heavy atom. The molecule has 2 aromatic rings. The number of carbonyl (C=O) groups is 2. The summed E-state index contributed by atoms with van der Waals surface area (Å²) in [4.78, 5) is 25.5. The summed E-state index contributed by atoms with van der Waals surface area (Å²) >= 11 is 5.66. The minimum Gasteiger partial charge on any atom is -0.333 e. The minimum absolute atomic E-state index is 0.105. The highest BCUT2D eigenvalue weighted by Crippen LogP contribution is 2.23. The maximum absolute atomic E-state index is 13.3. The molecule has 0 spiro atoms. The van der Waals surface area contributed by atoms with E-state index in [1.165, 1.54) is 35.2 Å². The smallest absolute Gasteiger partial charge is 0.319 e. The van der Waals surface area contributed by atoms with Crippen molar-refractivity contribution in [1.29, 1.82) is 0 Å². The van der Waals surface area contributed by atoms with Gasteiger partial charge in [0.05, 0.1) is 11.1 Å². The SMILES string of the molecule is O=C(Nc1ccc(F)c(Cl)c1)N[C@H]1CC(=O)N(c2cccc(F)c2)C1. The van der Waals surface area contributed by atoms with Gasteiger partial charge in [-0.3, -0.25) is 4.79 Å². The molecule has 5 nitrogen and oxygen atoms in total. The standard InChI is InChI=1S/C17H14ClF2N3O2/c18-14-7-11(4-5-15(14)20)21-17(25)22-12-8-16(24)23(9-12)13-3-1-2-10(19)6-13/h1-7,12H,8-9H2,(H2,21,22,25)/t12-/m0/s1. The third-order valence-corrected chi connectivity index (χ3v) is 4.05. The van der Waals surface area contributed by atoms with E-state index in [-0.39, 0.29) is 23.9 Å². The summed E-state index contributed by atoms with van der Waals surface area (Å²) in [5.41, 5.74) is 0.773. The maximum atomic E-state index is 13.3. The molecule has 2 aromatic carbocycles. The molecule has 0 unspecified atom stereocenters.